The molecule has 0 fully saturated rings. The highest BCUT2D eigenvalue weighted by atomic mass is 19.1. The van der Waals surface area contributed by atoms with Crippen LogP contribution in [0.1, 0.15) is 21.5 Å². The van der Waals surface area contributed by atoms with E-state index in [1.54, 1.807) is 18.2 Å². The van der Waals surface area contributed by atoms with Crippen LogP contribution in [-0.4, -0.2) is 13.1 Å². The third-order valence-corrected chi connectivity index (χ3v) is 2.69. The van der Waals surface area contributed by atoms with Crippen LogP contribution in [0.2, 0.25) is 0 Å². The first kappa shape index (κ1) is 13.0. The summed E-state index contributed by atoms with van der Waals surface area (Å²) in [6.07, 6.45) is 3.52. The molecule has 0 atom stereocenters. The molecule has 2 nitrogen and oxygen atoms in total. The molecular formula is C16H13FO2. The van der Waals surface area contributed by atoms with Crippen molar-refractivity contribution in [2.75, 3.05) is 7.11 Å². The third kappa shape index (κ3) is 3.07. The van der Waals surface area contributed by atoms with Crippen LogP contribution in [0.3, 0.4) is 0 Å². The maximum Gasteiger partial charge on any atom is 0.341 e. The van der Waals surface area contributed by atoms with Crippen LogP contribution in [0.5, 0.6) is 0 Å². The Morgan fingerprint density at radius 2 is 1.79 bits per heavy atom. The van der Waals surface area contributed by atoms with Gasteiger partial charge in [-0.2, -0.15) is 0 Å². The van der Waals surface area contributed by atoms with E-state index in [1.807, 2.05) is 36.4 Å². The van der Waals surface area contributed by atoms with Gasteiger partial charge >= 0.3 is 5.97 Å². The minimum absolute atomic E-state index is 0.0443. The fraction of sp³-hybridized carbons (Fsp3) is 0.0625. The zero-order valence-corrected chi connectivity index (χ0v) is 10.5. The van der Waals surface area contributed by atoms with Crippen molar-refractivity contribution in [3.63, 3.8) is 0 Å². The highest BCUT2D eigenvalue weighted by Gasteiger charge is 2.15. The van der Waals surface area contributed by atoms with Crippen molar-refractivity contribution in [1.82, 2.24) is 0 Å². The van der Waals surface area contributed by atoms with E-state index in [2.05, 4.69) is 4.74 Å². The van der Waals surface area contributed by atoms with Crippen LogP contribution in [-0.2, 0) is 4.74 Å². The summed E-state index contributed by atoms with van der Waals surface area (Å²) in [6.45, 7) is 0. The Bertz CT molecular complexity index is 603. The van der Waals surface area contributed by atoms with Gasteiger partial charge in [0.2, 0.25) is 0 Å². The molecule has 0 saturated heterocycles. The number of rotatable bonds is 3. The lowest BCUT2D eigenvalue weighted by molar-refractivity contribution is 0.0595. The summed E-state index contributed by atoms with van der Waals surface area (Å²) in [4.78, 5) is 11.6. The number of ether oxygens (including phenoxy) is 1. The second kappa shape index (κ2) is 5.96. The van der Waals surface area contributed by atoms with Gasteiger partial charge in [0.1, 0.15) is 11.4 Å². The van der Waals surface area contributed by atoms with Crippen LogP contribution in [0.4, 0.5) is 4.39 Å². The lowest BCUT2D eigenvalue weighted by Crippen LogP contribution is -2.06. The number of esters is 1. The molecule has 0 aromatic heterocycles. The van der Waals surface area contributed by atoms with Crippen LogP contribution in [0.25, 0.3) is 12.2 Å². The standard InChI is InChI=1S/C16H13FO2/c1-19-16(18)15-13(8-5-9-14(15)17)11-10-12-6-3-2-4-7-12/h2-11H,1H3/b11-10+. The van der Waals surface area contributed by atoms with Gasteiger partial charge in [-0.1, -0.05) is 54.6 Å². The highest BCUT2D eigenvalue weighted by molar-refractivity contribution is 5.95. The monoisotopic (exact) mass is 256 g/mol. The average Bonchev–Trinajstić information content (AvgIpc) is 2.45. The van der Waals surface area contributed by atoms with Gasteiger partial charge < -0.3 is 4.74 Å². The molecule has 3 heteroatoms. The summed E-state index contributed by atoms with van der Waals surface area (Å²) < 4.78 is 18.3. The smallest absolute Gasteiger partial charge is 0.341 e. The summed E-state index contributed by atoms with van der Waals surface area (Å²) in [5.41, 5.74) is 1.43. The molecule has 0 unspecified atom stereocenters. The Balaban J connectivity index is 2.38. The molecule has 0 spiro atoms. The molecule has 0 aliphatic heterocycles. The molecule has 0 aliphatic carbocycles. The SMILES string of the molecule is COC(=O)c1c(F)cccc1/C=C/c1ccccc1. The van der Waals surface area contributed by atoms with E-state index in [4.69, 9.17) is 0 Å². The molecule has 19 heavy (non-hydrogen) atoms. The van der Waals surface area contributed by atoms with Gasteiger partial charge in [0.05, 0.1) is 7.11 Å². The van der Waals surface area contributed by atoms with Crippen molar-refractivity contribution < 1.29 is 13.9 Å². The Kier molecular flexibility index (Phi) is 4.08. The maximum atomic E-state index is 13.7. The molecular weight excluding hydrogens is 243 g/mol. The van der Waals surface area contributed by atoms with Gasteiger partial charge in [0, 0.05) is 0 Å². The summed E-state index contributed by atoms with van der Waals surface area (Å²) in [6, 6.07) is 14.1. The van der Waals surface area contributed by atoms with E-state index in [1.165, 1.54) is 13.2 Å². The molecule has 0 amide bonds. The Morgan fingerprint density at radius 3 is 2.47 bits per heavy atom. The van der Waals surface area contributed by atoms with Crippen molar-refractivity contribution in [2.24, 2.45) is 0 Å². The summed E-state index contributed by atoms with van der Waals surface area (Å²) >= 11 is 0. The van der Waals surface area contributed by atoms with Crippen LogP contribution < -0.4 is 0 Å². The molecule has 0 heterocycles. The number of carbonyl (C=O) groups is 1. The van der Waals surface area contributed by atoms with Gasteiger partial charge in [-0.25, -0.2) is 9.18 Å². The molecule has 2 rings (SSSR count). The quantitative estimate of drug-likeness (QED) is 0.617. The zero-order chi connectivity index (χ0) is 13.7. The average molecular weight is 256 g/mol. The van der Waals surface area contributed by atoms with Crippen molar-refractivity contribution >= 4 is 18.1 Å². The third-order valence-electron chi connectivity index (χ3n) is 2.69. The molecule has 0 saturated carbocycles. The van der Waals surface area contributed by atoms with Gasteiger partial charge in [0.25, 0.3) is 0 Å². The molecule has 0 bridgehead atoms. The van der Waals surface area contributed by atoms with E-state index in [9.17, 15) is 9.18 Å². The zero-order valence-electron chi connectivity index (χ0n) is 10.5. The maximum absolute atomic E-state index is 13.7. The number of hydrogen-bond donors (Lipinski definition) is 0. The second-order valence-electron chi connectivity index (χ2n) is 3.94. The first-order valence-electron chi connectivity index (χ1n) is 5.82. The van der Waals surface area contributed by atoms with Crippen molar-refractivity contribution in [2.45, 2.75) is 0 Å². The lowest BCUT2D eigenvalue weighted by Gasteiger charge is -2.05. The van der Waals surface area contributed by atoms with Crippen LogP contribution >= 0.6 is 0 Å². The van der Waals surface area contributed by atoms with E-state index in [0.717, 1.165) is 5.56 Å². The molecule has 0 aliphatic rings. The van der Waals surface area contributed by atoms with Gasteiger partial charge in [-0.3, -0.25) is 0 Å². The normalized spacial score (nSPS) is 10.6. The van der Waals surface area contributed by atoms with E-state index >= 15 is 0 Å². The first-order valence-corrected chi connectivity index (χ1v) is 5.82. The van der Waals surface area contributed by atoms with E-state index in [-0.39, 0.29) is 5.56 Å². The number of hydrogen-bond acceptors (Lipinski definition) is 2. The molecule has 0 radical (unpaired) electrons. The summed E-state index contributed by atoms with van der Waals surface area (Å²) in [7, 11) is 1.24. The fourth-order valence-corrected chi connectivity index (χ4v) is 1.75. The van der Waals surface area contributed by atoms with Crippen molar-refractivity contribution in [3.05, 3.63) is 71.0 Å². The second-order valence-corrected chi connectivity index (χ2v) is 3.94. The Morgan fingerprint density at radius 1 is 1.05 bits per heavy atom. The fourth-order valence-electron chi connectivity index (χ4n) is 1.75. The minimum atomic E-state index is -0.675. The predicted molar refractivity (Wildman–Crippen MR) is 73.1 cm³/mol. The molecule has 2 aromatic carbocycles. The summed E-state index contributed by atoms with van der Waals surface area (Å²) in [5.74, 6) is -1.26. The van der Waals surface area contributed by atoms with Gasteiger partial charge in [-0.15, -0.1) is 0 Å². The number of carbonyl (C=O) groups excluding carboxylic acids is 1. The number of halogens is 1. The Hall–Kier alpha value is -2.42. The van der Waals surface area contributed by atoms with Crippen LogP contribution in [0.15, 0.2) is 48.5 Å². The number of benzene rings is 2. The predicted octanol–water partition coefficient (Wildman–Crippen LogP) is 3.78. The summed E-state index contributed by atoms with van der Waals surface area (Å²) in [5, 5.41) is 0. The number of methoxy groups -OCH3 is 1. The largest absolute Gasteiger partial charge is 0.465 e. The van der Waals surface area contributed by atoms with E-state index < -0.39 is 11.8 Å². The molecule has 2 aromatic rings. The topological polar surface area (TPSA) is 26.3 Å². The Labute approximate surface area is 111 Å². The van der Waals surface area contributed by atoms with Gasteiger partial charge in [-0.05, 0) is 17.2 Å². The van der Waals surface area contributed by atoms with Crippen molar-refractivity contribution in [3.8, 4) is 0 Å². The lowest BCUT2D eigenvalue weighted by atomic mass is 10.1. The van der Waals surface area contributed by atoms with Gasteiger partial charge in [0.15, 0.2) is 0 Å². The molecule has 0 N–H and O–H groups in total. The highest BCUT2D eigenvalue weighted by Crippen LogP contribution is 2.17. The van der Waals surface area contributed by atoms with Crippen molar-refractivity contribution in [1.29, 1.82) is 0 Å². The molecule has 96 valence electrons. The minimum Gasteiger partial charge on any atom is -0.465 e. The first-order chi connectivity index (χ1) is 9.22. The van der Waals surface area contributed by atoms with Crippen LogP contribution in [0, 0.1) is 5.82 Å². The van der Waals surface area contributed by atoms with E-state index in [0.29, 0.717) is 5.56 Å².